The highest BCUT2D eigenvalue weighted by Gasteiger charge is 2.48. The molecule has 108 valence electrons. The molecule has 0 aromatic heterocycles. The number of fused-ring (bicyclic) bond motifs is 1. The second-order valence-electron chi connectivity index (χ2n) is 5.92. The molecular weight excluding hydrogens is 254 g/mol. The molecule has 1 aromatic rings. The van der Waals surface area contributed by atoms with E-state index in [0.29, 0.717) is 19.6 Å². The Morgan fingerprint density at radius 2 is 2.00 bits per heavy atom. The lowest BCUT2D eigenvalue weighted by Gasteiger charge is -2.20. The van der Waals surface area contributed by atoms with Crippen molar-refractivity contribution in [2.24, 2.45) is 17.8 Å². The smallest absolute Gasteiger partial charge is 0.224 e. The number of ether oxygens (including phenoxy) is 1. The maximum absolute atomic E-state index is 12.4. The molecule has 0 radical (unpaired) electrons. The van der Waals surface area contributed by atoms with Gasteiger partial charge in [-0.05, 0) is 18.9 Å². The minimum Gasteiger partial charge on any atom is -0.393 e. The number of aliphatic hydroxyl groups excluding tert-OH is 1. The summed E-state index contributed by atoms with van der Waals surface area (Å²) >= 11 is 0. The average molecular weight is 275 g/mol. The fourth-order valence-corrected chi connectivity index (χ4v) is 3.46. The van der Waals surface area contributed by atoms with E-state index in [9.17, 15) is 9.90 Å². The number of rotatable bonds is 3. The van der Waals surface area contributed by atoms with Crippen LogP contribution in [0, 0.1) is 17.8 Å². The van der Waals surface area contributed by atoms with Crippen LogP contribution in [0.5, 0.6) is 0 Å². The highest BCUT2D eigenvalue weighted by Crippen LogP contribution is 2.41. The molecule has 1 aliphatic carbocycles. The van der Waals surface area contributed by atoms with E-state index in [-0.39, 0.29) is 29.7 Å². The molecule has 0 spiro atoms. The Bertz CT molecular complexity index is 476. The zero-order valence-electron chi connectivity index (χ0n) is 11.7. The highest BCUT2D eigenvalue weighted by molar-refractivity contribution is 5.80. The SMILES string of the molecule is C[C@H](NC(=O)C1C[C@@H](O)[C@@H]2COC[C@H]12)c1ccccc1. The van der Waals surface area contributed by atoms with Crippen LogP contribution in [-0.2, 0) is 9.53 Å². The maximum Gasteiger partial charge on any atom is 0.224 e. The molecule has 2 aliphatic rings. The lowest BCUT2D eigenvalue weighted by atomic mass is 9.91. The van der Waals surface area contributed by atoms with Gasteiger partial charge in [0.05, 0.1) is 25.4 Å². The summed E-state index contributed by atoms with van der Waals surface area (Å²) in [6, 6.07) is 9.91. The predicted octanol–water partition coefficient (Wildman–Crippen LogP) is 1.51. The van der Waals surface area contributed by atoms with E-state index in [4.69, 9.17) is 4.74 Å². The third kappa shape index (κ3) is 2.45. The number of amides is 1. The summed E-state index contributed by atoms with van der Waals surface area (Å²) in [5, 5.41) is 13.1. The Morgan fingerprint density at radius 1 is 1.30 bits per heavy atom. The van der Waals surface area contributed by atoms with Crippen molar-refractivity contribution >= 4 is 5.91 Å². The van der Waals surface area contributed by atoms with Crippen molar-refractivity contribution in [3.63, 3.8) is 0 Å². The van der Waals surface area contributed by atoms with Gasteiger partial charge < -0.3 is 15.2 Å². The zero-order chi connectivity index (χ0) is 14.1. The van der Waals surface area contributed by atoms with Gasteiger partial charge in [-0.3, -0.25) is 4.79 Å². The molecule has 1 aromatic carbocycles. The molecule has 0 bridgehead atoms. The van der Waals surface area contributed by atoms with Gasteiger partial charge in [-0.15, -0.1) is 0 Å². The van der Waals surface area contributed by atoms with Crippen LogP contribution in [0.25, 0.3) is 0 Å². The van der Waals surface area contributed by atoms with E-state index in [2.05, 4.69) is 5.32 Å². The summed E-state index contributed by atoms with van der Waals surface area (Å²) in [5.74, 6) is 0.229. The van der Waals surface area contributed by atoms with Crippen molar-refractivity contribution < 1.29 is 14.6 Å². The third-order valence-corrected chi connectivity index (χ3v) is 4.67. The molecule has 1 heterocycles. The van der Waals surface area contributed by atoms with Crippen molar-refractivity contribution in [3.05, 3.63) is 35.9 Å². The van der Waals surface area contributed by atoms with E-state index >= 15 is 0 Å². The van der Waals surface area contributed by atoms with Crippen LogP contribution < -0.4 is 5.32 Å². The summed E-state index contributed by atoms with van der Waals surface area (Å²) in [4.78, 5) is 12.4. The number of nitrogens with one attached hydrogen (secondary N) is 1. The summed E-state index contributed by atoms with van der Waals surface area (Å²) in [6.07, 6.45) is 0.164. The first-order chi connectivity index (χ1) is 9.66. The summed E-state index contributed by atoms with van der Waals surface area (Å²) in [5.41, 5.74) is 1.10. The quantitative estimate of drug-likeness (QED) is 0.879. The van der Waals surface area contributed by atoms with Gasteiger partial charge >= 0.3 is 0 Å². The van der Waals surface area contributed by atoms with Gasteiger partial charge in [-0.2, -0.15) is 0 Å². The van der Waals surface area contributed by atoms with E-state index in [0.717, 1.165) is 5.56 Å². The monoisotopic (exact) mass is 275 g/mol. The Kier molecular flexibility index (Phi) is 3.76. The largest absolute Gasteiger partial charge is 0.393 e. The fraction of sp³-hybridized carbons (Fsp3) is 0.562. The number of aliphatic hydroxyl groups is 1. The van der Waals surface area contributed by atoms with Gasteiger partial charge in [0.15, 0.2) is 0 Å². The van der Waals surface area contributed by atoms with E-state index in [1.807, 2.05) is 37.3 Å². The molecule has 4 heteroatoms. The molecule has 1 unspecified atom stereocenters. The van der Waals surface area contributed by atoms with Gasteiger partial charge in [-0.25, -0.2) is 0 Å². The standard InChI is InChI=1S/C16H21NO3/c1-10(11-5-3-2-4-6-11)17-16(19)12-7-15(18)14-9-20-8-13(12)14/h2-6,10,12-15,18H,7-9H2,1H3,(H,17,19)/t10-,12?,13+,14+,15+/m0/s1. The molecule has 20 heavy (non-hydrogen) atoms. The fourth-order valence-electron chi connectivity index (χ4n) is 3.46. The van der Waals surface area contributed by atoms with E-state index in [1.165, 1.54) is 0 Å². The average Bonchev–Trinajstić information content (AvgIpc) is 3.04. The van der Waals surface area contributed by atoms with Crippen LogP contribution in [0.3, 0.4) is 0 Å². The van der Waals surface area contributed by atoms with Crippen LogP contribution >= 0.6 is 0 Å². The molecule has 4 nitrogen and oxygen atoms in total. The first kappa shape index (κ1) is 13.6. The van der Waals surface area contributed by atoms with Crippen molar-refractivity contribution in [3.8, 4) is 0 Å². The minimum absolute atomic E-state index is 0.0118. The second-order valence-corrected chi connectivity index (χ2v) is 5.92. The van der Waals surface area contributed by atoms with Gasteiger partial charge in [-0.1, -0.05) is 30.3 Å². The molecule has 3 rings (SSSR count). The van der Waals surface area contributed by atoms with Crippen LogP contribution in [0.15, 0.2) is 30.3 Å². The lowest BCUT2D eigenvalue weighted by molar-refractivity contribution is -0.127. The van der Waals surface area contributed by atoms with E-state index in [1.54, 1.807) is 0 Å². The Hall–Kier alpha value is -1.39. The Morgan fingerprint density at radius 3 is 2.75 bits per heavy atom. The molecule has 2 N–H and O–H groups in total. The molecule has 5 atom stereocenters. The molecule has 1 saturated heterocycles. The van der Waals surface area contributed by atoms with Crippen LogP contribution in [0.4, 0.5) is 0 Å². The summed E-state index contributed by atoms with van der Waals surface area (Å²) < 4.78 is 5.41. The van der Waals surface area contributed by atoms with Crippen molar-refractivity contribution in [2.75, 3.05) is 13.2 Å². The minimum atomic E-state index is -0.398. The van der Waals surface area contributed by atoms with Gasteiger partial charge in [0, 0.05) is 17.8 Å². The number of hydrogen-bond acceptors (Lipinski definition) is 3. The van der Waals surface area contributed by atoms with Gasteiger partial charge in [0.1, 0.15) is 0 Å². The van der Waals surface area contributed by atoms with Crippen molar-refractivity contribution in [1.82, 2.24) is 5.32 Å². The first-order valence-electron chi connectivity index (χ1n) is 7.28. The number of hydrogen-bond donors (Lipinski definition) is 2. The first-order valence-corrected chi connectivity index (χ1v) is 7.28. The topological polar surface area (TPSA) is 58.6 Å². The maximum atomic E-state index is 12.4. The molecule has 1 amide bonds. The summed E-state index contributed by atoms with van der Waals surface area (Å²) in [6.45, 7) is 3.17. The zero-order valence-corrected chi connectivity index (χ0v) is 11.7. The molecule has 1 saturated carbocycles. The van der Waals surface area contributed by atoms with E-state index < -0.39 is 6.10 Å². The van der Waals surface area contributed by atoms with Gasteiger partial charge in [0.2, 0.25) is 5.91 Å². The number of benzene rings is 1. The summed E-state index contributed by atoms with van der Waals surface area (Å²) in [7, 11) is 0. The molecular formula is C16H21NO3. The molecule has 1 aliphatic heterocycles. The Labute approximate surface area is 119 Å². The molecule has 2 fully saturated rings. The normalized spacial score (nSPS) is 33.7. The van der Waals surface area contributed by atoms with Crippen molar-refractivity contribution in [1.29, 1.82) is 0 Å². The number of carbonyl (C=O) groups excluding carboxylic acids is 1. The lowest BCUT2D eigenvalue weighted by Crippen LogP contribution is -2.35. The predicted molar refractivity (Wildman–Crippen MR) is 74.9 cm³/mol. The third-order valence-electron chi connectivity index (χ3n) is 4.67. The Balaban J connectivity index is 1.65. The van der Waals surface area contributed by atoms with Crippen LogP contribution in [-0.4, -0.2) is 30.3 Å². The van der Waals surface area contributed by atoms with Crippen LogP contribution in [0.2, 0.25) is 0 Å². The second kappa shape index (κ2) is 5.54. The highest BCUT2D eigenvalue weighted by atomic mass is 16.5. The van der Waals surface area contributed by atoms with Crippen molar-refractivity contribution in [2.45, 2.75) is 25.5 Å². The number of carbonyl (C=O) groups is 1. The van der Waals surface area contributed by atoms with Gasteiger partial charge in [0.25, 0.3) is 0 Å². The van der Waals surface area contributed by atoms with Crippen LogP contribution in [0.1, 0.15) is 24.9 Å².